The van der Waals surface area contributed by atoms with Gasteiger partial charge in [0.25, 0.3) is 5.91 Å². The summed E-state index contributed by atoms with van der Waals surface area (Å²) in [6.07, 6.45) is 2.46. The van der Waals surface area contributed by atoms with Crippen molar-refractivity contribution < 1.29 is 9.21 Å². The van der Waals surface area contributed by atoms with E-state index in [4.69, 9.17) is 4.42 Å². The Balaban J connectivity index is 2.13. The predicted octanol–water partition coefficient (Wildman–Crippen LogP) is 3.44. The number of oxazole rings is 1. The molecule has 2 rings (SSSR count). The average Bonchev–Trinajstić information content (AvgIpc) is 2.95. The SMILES string of the molecule is Cc1cnc(C(C)NC(=O)c2sc(C)nc2CC(C)C)o1. The monoisotopic (exact) mass is 307 g/mol. The van der Waals surface area contributed by atoms with Crippen LogP contribution in [-0.2, 0) is 6.42 Å². The Morgan fingerprint density at radius 1 is 1.38 bits per heavy atom. The Morgan fingerprint density at radius 3 is 2.67 bits per heavy atom. The highest BCUT2D eigenvalue weighted by Gasteiger charge is 2.21. The quantitative estimate of drug-likeness (QED) is 0.918. The fourth-order valence-corrected chi connectivity index (χ4v) is 2.92. The van der Waals surface area contributed by atoms with Gasteiger partial charge in [-0.05, 0) is 33.1 Å². The van der Waals surface area contributed by atoms with E-state index in [0.29, 0.717) is 16.7 Å². The van der Waals surface area contributed by atoms with Crippen LogP contribution < -0.4 is 5.32 Å². The normalized spacial score (nSPS) is 12.7. The van der Waals surface area contributed by atoms with E-state index in [2.05, 4.69) is 29.1 Å². The minimum atomic E-state index is -0.263. The Hall–Kier alpha value is -1.69. The zero-order chi connectivity index (χ0) is 15.6. The lowest BCUT2D eigenvalue weighted by atomic mass is 10.1. The van der Waals surface area contributed by atoms with Crippen molar-refractivity contribution in [3.63, 3.8) is 0 Å². The molecule has 0 saturated heterocycles. The van der Waals surface area contributed by atoms with Gasteiger partial charge < -0.3 is 9.73 Å². The van der Waals surface area contributed by atoms with Crippen LogP contribution in [0.5, 0.6) is 0 Å². The second-order valence-electron chi connectivity index (χ2n) is 5.61. The second kappa shape index (κ2) is 6.39. The molecular weight excluding hydrogens is 286 g/mol. The van der Waals surface area contributed by atoms with Crippen LogP contribution in [0.2, 0.25) is 0 Å². The molecule has 0 radical (unpaired) electrons. The Labute approximate surface area is 128 Å². The van der Waals surface area contributed by atoms with Gasteiger partial charge in [-0.3, -0.25) is 4.79 Å². The summed E-state index contributed by atoms with van der Waals surface area (Å²) in [5.41, 5.74) is 0.876. The lowest BCUT2D eigenvalue weighted by molar-refractivity contribution is 0.0936. The van der Waals surface area contributed by atoms with Crippen molar-refractivity contribution in [2.45, 2.75) is 47.1 Å². The lowest BCUT2D eigenvalue weighted by Crippen LogP contribution is -2.27. The van der Waals surface area contributed by atoms with Gasteiger partial charge in [0.15, 0.2) is 0 Å². The Bertz CT molecular complexity index is 631. The molecular formula is C15H21N3O2S. The highest BCUT2D eigenvalue weighted by atomic mass is 32.1. The van der Waals surface area contributed by atoms with E-state index in [9.17, 15) is 4.79 Å². The van der Waals surface area contributed by atoms with E-state index in [0.717, 1.165) is 22.9 Å². The molecule has 0 aliphatic rings. The highest BCUT2D eigenvalue weighted by molar-refractivity contribution is 7.13. The first kappa shape index (κ1) is 15.7. The van der Waals surface area contributed by atoms with Gasteiger partial charge in [0, 0.05) is 0 Å². The molecule has 1 amide bonds. The van der Waals surface area contributed by atoms with E-state index in [1.807, 2.05) is 20.8 Å². The fourth-order valence-electron chi connectivity index (χ4n) is 2.07. The molecule has 0 aliphatic heterocycles. The lowest BCUT2D eigenvalue weighted by Gasteiger charge is -2.10. The van der Waals surface area contributed by atoms with E-state index in [-0.39, 0.29) is 11.9 Å². The number of hydrogen-bond acceptors (Lipinski definition) is 5. The van der Waals surface area contributed by atoms with Crippen molar-refractivity contribution in [2.24, 2.45) is 5.92 Å². The summed E-state index contributed by atoms with van der Waals surface area (Å²) in [6.45, 7) is 9.85. The molecule has 0 saturated carbocycles. The largest absolute Gasteiger partial charge is 0.444 e. The summed E-state index contributed by atoms with van der Waals surface area (Å²) in [7, 11) is 0. The molecule has 1 atom stereocenters. The molecule has 2 aromatic heterocycles. The topological polar surface area (TPSA) is 68.0 Å². The van der Waals surface area contributed by atoms with Crippen molar-refractivity contribution in [1.29, 1.82) is 0 Å². The summed E-state index contributed by atoms with van der Waals surface area (Å²) in [5.74, 6) is 1.61. The molecule has 5 nitrogen and oxygen atoms in total. The van der Waals surface area contributed by atoms with Gasteiger partial charge in [0.05, 0.1) is 16.9 Å². The maximum absolute atomic E-state index is 12.4. The first-order valence-electron chi connectivity index (χ1n) is 7.06. The van der Waals surface area contributed by atoms with Crippen molar-refractivity contribution >= 4 is 17.2 Å². The van der Waals surface area contributed by atoms with Crippen molar-refractivity contribution in [3.8, 4) is 0 Å². The van der Waals surface area contributed by atoms with Gasteiger partial charge in [-0.25, -0.2) is 9.97 Å². The molecule has 0 spiro atoms. The molecule has 1 unspecified atom stereocenters. The summed E-state index contributed by atoms with van der Waals surface area (Å²) >= 11 is 1.43. The van der Waals surface area contributed by atoms with Gasteiger partial charge >= 0.3 is 0 Å². The van der Waals surface area contributed by atoms with E-state index in [1.165, 1.54) is 11.3 Å². The molecule has 2 heterocycles. The molecule has 0 bridgehead atoms. The first-order valence-corrected chi connectivity index (χ1v) is 7.88. The highest BCUT2D eigenvalue weighted by Crippen LogP contribution is 2.22. The third kappa shape index (κ3) is 3.91. The van der Waals surface area contributed by atoms with Crippen LogP contribution in [0.4, 0.5) is 0 Å². The number of nitrogens with zero attached hydrogens (tertiary/aromatic N) is 2. The summed E-state index contributed by atoms with van der Waals surface area (Å²) in [5, 5.41) is 3.84. The van der Waals surface area contributed by atoms with Crippen molar-refractivity contribution in [3.05, 3.63) is 33.4 Å². The number of aromatic nitrogens is 2. The van der Waals surface area contributed by atoms with Gasteiger partial charge in [-0.15, -0.1) is 11.3 Å². The zero-order valence-electron chi connectivity index (χ0n) is 13.1. The second-order valence-corrected chi connectivity index (χ2v) is 6.81. The number of carbonyl (C=O) groups excluding carboxylic acids is 1. The van der Waals surface area contributed by atoms with Crippen molar-refractivity contribution in [2.75, 3.05) is 0 Å². The molecule has 21 heavy (non-hydrogen) atoms. The number of amides is 1. The maximum atomic E-state index is 12.4. The zero-order valence-corrected chi connectivity index (χ0v) is 13.9. The van der Waals surface area contributed by atoms with Crippen molar-refractivity contribution in [1.82, 2.24) is 15.3 Å². The molecule has 6 heteroatoms. The van der Waals surface area contributed by atoms with Crippen LogP contribution in [0, 0.1) is 19.8 Å². The van der Waals surface area contributed by atoms with Crippen LogP contribution in [0.25, 0.3) is 0 Å². The summed E-state index contributed by atoms with van der Waals surface area (Å²) in [6, 6.07) is -0.263. The molecule has 0 aromatic carbocycles. The number of thiazole rings is 1. The molecule has 0 aliphatic carbocycles. The molecule has 1 N–H and O–H groups in total. The molecule has 114 valence electrons. The van der Waals surface area contributed by atoms with Gasteiger partial charge in [-0.2, -0.15) is 0 Å². The van der Waals surface area contributed by atoms with Gasteiger partial charge in [0.1, 0.15) is 16.7 Å². The number of carbonyl (C=O) groups is 1. The predicted molar refractivity (Wildman–Crippen MR) is 82.5 cm³/mol. The third-order valence-electron chi connectivity index (χ3n) is 2.97. The van der Waals surface area contributed by atoms with Crippen LogP contribution in [0.15, 0.2) is 10.6 Å². The molecule has 0 fully saturated rings. The minimum absolute atomic E-state index is 0.111. The van der Waals surface area contributed by atoms with Crippen LogP contribution >= 0.6 is 11.3 Å². The van der Waals surface area contributed by atoms with E-state index >= 15 is 0 Å². The average molecular weight is 307 g/mol. The van der Waals surface area contributed by atoms with Gasteiger partial charge in [0.2, 0.25) is 5.89 Å². The number of nitrogens with one attached hydrogen (secondary N) is 1. The summed E-state index contributed by atoms with van der Waals surface area (Å²) in [4.78, 5) is 21.8. The Kier molecular flexibility index (Phi) is 4.77. The standard InChI is InChI=1S/C15H21N3O2S/c1-8(2)6-12-13(21-11(5)18-12)14(19)17-10(4)15-16-7-9(3)20-15/h7-8,10H,6H2,1-5H3,(H,17,19). The number of rotatable bonds is 5. The Morgan fingerprint density at radius 2 is 2.10 bits per heavy atom. The van der Waals surface area contributed by atoms with Crippen LogP contribution in [0.1, 0.15) is 58.8 Å². The first-order chi connectivity index (χ1) is 9.86. The van der Waals surface area contributed by atoms with E-state index in [1.54, 1.807) is 6.20 Å². The number of hydrogen-bond donors (Lipinski definition) is 1. The minimum Gasteiger partial charge on any atom is -0.444 e. The number of aryl methyl sites for hydroxylation is 2. The van der Waals surface area contributed by atoms with Crippen LogP contribution in [0.3, 0.4) is 0 Å². The molecule has 2 aromatic rings. The van der Waals surface area contributed by atoms with Crippen LogP contribution in [-0.4, -0.2) is 15.9 Å². The fraction of sp³-hybridized carbons (Fsp3) is 0.533. The third-order valence-corrected chi connectivity index (χ3v) is 3.98. The maximum Gasteiger partial charge on any atom is 0.263 e. The van der Waals surface area contributed by atoms with Gasteiger partial charge in [-0.1, -0.05) is 13.8 Å². The summed E-state index contributed by atoms with van der Waals surface area (Å²) < 4.78 is 5.44. The smallest absolute Gasteiger partial charge is 0.263 e. The van der Waals surface area contributed by atoms with E-state index < -0.39 is 0 Å².